The van der Waals surface area contributed by atoms with Crippen molar-refractivity contribution in [1.29, 1.82) is 0 Å². The van der Waals surface area contributed by atoms with Gasteiger partial charge in [-0.05, 0) is 130 Å². The van der Waals surface area contributed by atoms with E-state index in [4.69, 9.17) is 9.47 Å². The third kappa shape index (κ3) is 6.46. The van der Waals surface area contributed by atoms with Crippen molar-refractivity contribution >= 4 is 146 Å². The topological polar surface area (TPSA) is 39.7 Å². The van der Waals surface area contributed by atoms with E-state index >= 15 is 0 Å². The van der Waals surface area contributed by atoms with Gasteiger partial charge in [0.25, 0.3) is 13.4 Å². The Morgan fingerprint density at radius 3 is 0.954 bits per heavy atom. The van der Waals surface area contributed by atoms with E-state index in [0.29, 0.717) is 0 Å². The minimum Gasteiger partial charge on any atom is -0.458 e. The molecule has 4 aliphatic rings. The number of hydrogen-bond acceptors (Lipinski definition) is 4. The smallest absolute Gasteiger partial charge is 0.256 e. The lowest BCUT2D eigenvalue weighted by Crippen LogP contribution is -2.59. The highest BCUT2D eigenvalue weighted by Gasteiger charge is 2.45. The van der Waals surface area contributed by atoms with Crippen LogP contribution in [0.2, 0.25) is 0 Å². The van der Waals surface area contributed by atoms with Crippen LogP contribution in [-0.4, -0.2) is 27.1 Å². The highest BCUT2D eigenvalue weighted by Crippen LogP contribution is 2.49. The van der Waals surface area contributed by atoms with Crippen LogP contribution >= 0.6 is 0 Å². The van der Waals surface area contributed by atoms with Gasteiger partial charge >= 0.3 is 0 Å². The Labute approximate surface area is 501 Å². The van der Waals surface area contributed by atoms with Gasteiger partial charge in [0.1, 0.15) is 23.0 Å². The third-order valence-electron chi connectivity index (χ3n) is 19.1. The zero-order valence-electron chi connectivity index (χ0n) is 46.8. The predicted molar refractivity (Wildman–Crippen MR) is 361 cm³/mol. The zero-order valence-corrected chi connectivity index (χ0v) is 46.8. The molecule has 402 valence electrons. The average molecular weight is 1110 g/mol. The number of para-hydroxylation sites is 9. The molecule has 0 spiro atoms. The first-order valence-electron chi connectivity index (χ1n) is 30.0. The molecular formula is C78H47B2N5O2. The predicted octanol–water partition coefficient (Wildman–Crippen LogP) is 15.8. The Balaban J connectivity index is 0.889. The quantitative estimate of drug-likeness (QED) is 0.161. The van der Waals surface area contributed by atoms with Crippen LogP contribution < -0.4 is 52.1 Å². The van der Waals surface area contributed by atoms with Crippen molar-refractivity contribution in [3.05, 3.63) is 285 Å². The standard InChI is InChI=1S/C78H47B2N5O2/c1-4-22-48(23-5-1)81-67-46-69-61(79-59-32-14-20-38-73(59)86-75-42-51(40-71(77(75)79)82(69)49-24-6-2-7-25-49)84-63-34-16-10-28-53(63)54-29-11-17-35-64(54)84)44-57(67)58-45-62-70(47-68(58)81)83(50-26-8-3-9-27-50)72-41-52(43-76-78(72)80(62)60-33-15-21-39-74(60)87-76)85-65-36-18-12-30-55(65)56-31-13-19-37-66(56)85/h1-47H. The van der Waals surface area contributed by atoms with Crippen molar-refractivity contribution in [3.8, 4) is 40.1 Å². The van der Waals surface area contributed by atoms with Crippen molar-refractivity contribution in [1.82, 2.24) is 13.7 Å². The Hall–Kier alpha value is -11.4. The van der Waals surface area contributed by atoms with Gasteiger partial charge in [-0.15, -0.1) is 0 Å². The van der Waals surface area contributed by atoms with Gasteiger partial charge in [-0.25, -0.2) is 0 Å². The first-order chi connectivity index (χ1) is 43.2. The molecule has 0 saturated carbocycles. The first-order valence-corrected chi connectivity index (χ1v) is 30.0. The summed E-state index contributed by atoms with van der Waals surface area (Å²) in [5.41, 5.74) is 23.6. The summed E-state index contributed by atoms with van der Waals surface area (Å²) >= 11 is 0. The van der Waals surface area contributed by atoms with Crippen LogP contribution in [0, 0.1) is 0 Å². The lowest BCUT2D eigenvalue weighted by atomic mass is 9.34. The number of aromatic nitrogens is 3. The molecule has 0 aliphatic carbocycles. The molecule has 0 atom stereocenters. The van der Waals surface area contributed by atoms with E-state index in [-0.39, 0.29) is 13.4 Å². The lowest BCUT2D eigenvalue weighted by Gasteiger charge is -2.40. The number of ether oxygens (including phenoxy) is 2. The maximum Gasteiger partial charge on any atom is 0.256 e. The summed E-state index contributed by atoms with van der Waals surface area (Å²) < 4.78 is 21.8. The van der Waals surface area contributed by atoms with E-state index in [0.717, 1.165) is 129 Å². The van der Waals surface area contributed by atoms with Crippen LogP contribution in [0.3, 0.4) is 0 Å². The van der Waals surface area contributed by atoms with Crippen LogP contribution in [0.15, 0.2) is 285 Å². The molecule has 4 aliphatic heterocycles. The number of nitrogens with zero attached hydrogens (tertiary/aromatic N) is 5. The Morgan fingerprint density at radius 2 is 0.552 bits per heavy atom. The van der Waals surface area contributed by atoms with Crippen molar-refractivity contribution in [2.75, 3.05) is 9.80 Å². The normalized spacial score (nSPS) is 13.4. The van der Waals surface area contributed by atoms with Gasteiger partial charge in [-0.1, -0.05) is 176 Å². The molecule has 0 saturated heterocycles. The molecule has 16 aromatic rings. The Morgan fingerprint density at radius 1 is 0.218 bits per heavy atom. The minimum absolute atomic E-state index is 0.145. The van der Waals surface area contributed by atoms with Crippen molar-refractivity contribution in [2.24, 2.45) is 0 Å². The number of rotatable bonds is 5. The van der Waals surface area contributed by atoms with Gasteiger partial charge in [0.15, 0.2) is 0 Å². The van der Waals surface area contributed by atoms with Crippen LogP contribution in [0.4, 0.5) is 34.1 Å². The lowest BCUT2D eigenvalue weighted by molar-refractivity contribution is 0.487. The number of fused-ring (bicyclic) bond motifs is 17. The summed E-state index contributed by atoms with van der Waals surface area (Å²) in [7, 11) is 0. The summed E-state index contributed by atoms with van der Waals surface area (Å²) in [6, 6.07) is 105. The van der Waals surface area contributed by atoms with E-state index < -0.39 is 0 Å². The van der Waals surface area contributed by atoms with Crippen LogP contribution in [0.5, 0.6) is 23.0 Å². The molecule has 0 amide bonds. The van der Waals surface area contributed by atoms with Crippen LogP contribution in [0.1, 0.15) is 0 Å². The number of hydrogen-bond donors (Lipinski definition) is 0. The Bertz CT molecular complexity index is 5200. The number of anilines is 6. The highest BCUT2D eigenvalue weighted by atomic mass is 16.5. The molecule has 0 fully saturated rings. The fourth-order valence-corrected chi connectivity index (χ4v) is 15.6. The maximum atomic E-state index is 7.22. The van der Waals surface area contributed by atoms with Crippen LogP contribution in [-0.2, 0) is 0 Å². The van der Waals surface area contributed by atoms with Gasteiger partial charge in [-0.3, -0.25) is 0 Å². The second-order valence-electron chi connectivity index (χ2n) is 23.5. The second kappa shape index (κ2) is 17.6. The molecule has 87 heavy (non-hydrogen) atoms. The van der Waals surface area contributed by atoms with Gasteiger partial charge in [0.2, 0.25) is 0 Å². The van der Waals surface area contributed by atoms with Gasteiger partial charge < -0.3 is 33.0 Å². The molecule has 9 heteroatoms. The van der Waals surface area contributed by atoms with Crippen molar-refractivity contribution < 1.29 is 9.47 Å². The summed E-state index contributed by atoms with van der Waals surface area (Å²) in [5.74, 6) is 3.46. The zero-order chi connectivity index (χ0) is 56.6. The van der Waals surface area contributed by atoms with Gasteiger partial charge in [0, 0.05) is 84.3 Å². The van der Waals surface area contributed by atoms with Crippen molar-refractivity contribution in [3.63, 3.8) is 0 Å². The highest BCUT2D eigenvalue weighted by molar-refractivity contribution is 7.00. The molecule has 0 radical (unpaired) electrons. The molecule has 7 heterocycles. The van der Waals surface area contributed by atoms with E-state index in [2.05, 4.69) is 309 Å². The largest absolute Gasteiger partial charge is 0.458 e. The average Bonchev–Trinajstić information content (AvgIpc) is 1.65. The maximum absolute atomic E-state index is 7.22. The summed E-state index contributed by atoms with van der Waals surface area (Å²) in [4.78, 5) is 5.00. The fourth-order valence-electron chi connectivity index (χ4n) is 15.6. The molecule has 0 bridgehead atoms. The van der Waals surface area contributed by atoms with Crippen LogP contribution in [0.25, 0.3) is 82.5 Å². The van der Waals surface area contributed by atoms with E-state index in [1.165, 1.54) is 43.2 Å². The molecule has 7 nitrogen and oxygen atoms in total. The molecule has 0 unspecified atom stereocenters. The van der Waals surface area contributed by atoms with E-state index in [9.17, 15) is 0 Å². The Kier molecular flexibility index (Phi) is 9.50. The fraction of sp³-hybridized carbons (Fsp3) is 0. The summed E-state index contributed by atoms with van der Waals surface area (Å²) in [6.07, 6.45) is 0. The molecular weight excluding hydrogens is 1060 g/mol. The molecule has 20 rings (SSSR count). The second-order valence-corrected chi connectivity index (χ2v) is 23.5. The van der Waals surface area contributed by atoms with Crippen molar-refractivity contribution in [2.45, 2.75) is 0 Å². The first kappa shape index (κ1) is 47.0. The molecule has 0 N–H and O–H groups in total. The van der Waals surface area contributed by atoms with Gasteiger partial charge in [0.05, 0.1) is 44.5 Å². The summed E-state index contributed by atoms with van der Waals surface area (Å²) in [5, 5.41) is 7.22. The molecule has 3 aromatic heterocycles. The number of benzene rings is 13. The molecule has 13 aromatic carbocycles. The van der Waals surface area contributed by atoms with E-state index in [1.54, 1.807) is 0 Å². The van der Waals surface area contributed by atoms with Gasteiger partial charge in [-0.2, -0.15) is 0 Å². The monoisotopic (exact) mass is 1110 g/mol. The minimum atomic E-state index is -0.145. The summed E-state index contributed by atoms with van der Waals surface area (Å²) in [6.45, 7) is -0.290. The van der Waals surface area contributed by atoms with E-state index in [1.807, 2.05) is 0 Å². The SMILES string of the molecule is c1ccc(N2c3cc4c(cc3B3c5ccccc5Oc5cc(-n6c7ccccc7c7ccccc76)cc2c53)c2cc3c(cc2n4-c2ccccc2)N(c2ccccc2)c2cc(-n4c5ccccc5c5ccccc54)cc4c2B3c2ccccc2O4)cc1. The third-order valence-corrected chi connectivity index (χ3v) is 19.1.